The minimum Gasteiger partial charge on any atom is -0.337 e. The molecule has 1 amide bonds. The van der Waals surface area contributed by atoms with Crippen LogP contribution in [0.4, 0.5) is 0 Å². The number of sulfonamides is 1. The molecule has 0 radical (unpaired) electrons. The number of benzene rings is 2. The van der Waals surface area contributed by atoms with E-state index in [9.17, 15) is 13.2 Å². The zero-order chi connectivity index (χ0) is 21.0. The standard InChI is InChI=1S/C22H27ClN2O3S/c1-16(2)22(26)25-12-11-20(24-29(27,28)15-23)21(25)14-17-7-6-10-19(13-17)18-8-4-3-5-9-18/h3-10,13,16,20-21,24H,11-12,14-15H2,1-2H3/t20-,21-/m1/s1. The minimum absolute atomic E-state index is 0.0433. The van der Waals surface area contributed by atoms with Gasteiger partial charge in [-0.15, -0.1) is 11.6 Å². The Morgan fingerprint density at radius 3 is 2.48 bits per heavy atom. The molecule has 5 nitrogen and oxygen atoms in total. The molecule has 0 aromatic heterocycles. The van der Waals surface area contributed by atoms with Gasteiger partial charge in [-0.2, -0.15) is 0 Å². The predicted octanol–water partition coefficient (Wildman–Crippen LogP) is 3.64. The molecule has 1 aliphatic heterocycles. The molecule has 2 atom stereocenters. The molecule has 2 aromatic rings. The highest BCUT2D eigenvalue weighted by atomic mass is 35.5. The average Bonchev–Trinajstić information content (AvgIpc) is 3.09. The van der Waals surface area contributed by atoms with Crippen LogP contribution in [0.15, 0.2) is 54.6 Å². The van der Waals surface area contributed by atoms with E-state index in [0.717, 1.165) is 16.7 Å². The van der Waals surface area contributed by atoms with Crippen LogP contribution in [0, 0.1) is 5.92 Å². The van der Waals surface area contributed by atoms with Crippen molar-refractivity contribution in [3.8, 4) is 11.1 Å². The summed E-state index contributed by atoms with van der Waals surface area (Å²) >= 11 is 5.59. The van der Waals surface area contributed by atoms with Gasteiger partial charge in [0.25, 0.3) is 0 Å². The van der Waals surface area contributed by atoms with Crippen molar-refractivity contribution >= 4 is 27.5 Å². The Morgan fingerprint density at radius 1 is 1.14 bits per heavy atom. The molecule has 2 aromatic carbocycles. The van der Waals surface area contributed by atoms with Crippen molar-refractivity contribution in [3.63, 3.8) is 0 Å². The molecule has 156 valence electrons. The maximum Gasteiger partial charge on any atom is 0.225 e. The highest BCUT2D eigenvalue weighted by Crippen LogP contribution is 2.27. The van der Waals surface area contributed by atoms with Gasteiger partial charge in [-0.05, 0) is 29.5 Å². The summed E-state index contributed by atoms with van der Waals surface area (Å²) in [5.41, 5.74) is 3.28. The van der Waals surface area contributed by atoms with Crippen LogP contribution in [0.1, 0.15) is 25.8 Å². The Kier molecular flexibility index (Phi) is 6.98. The van der Waals surface area contributed by atoms with E-state index in [1.54, 1.807) is 0 Å². The Hall–Kier alpha value is -1.89. The maximum atomic E-state index is 12.7. The van der Waals surface area contributed by atoms with Gasteiger partial charge in [-0.1, -0.05) is 68.4 Å². The fourth-order valence-corrected chi connectivity index (χ4v) is 4.85. The van der Waals surface area contributed by atoms with Crippen molar-refractivity contribution < 1.29 is 13.2 Å². The van der Waals surface area contributed by atoms with Crippen LogP contribution in [0.5, 0.6) is 0 Å². The van der Waals surface area contributed by atoms with Gasteiger partial charge in [0.2, 0.25) is 15.9 Å². The third kappa shape index (κ3) is 5.38. The smallest absolute Gasteiger partial charge is 0.225 e. The molecule has 0 aliphatic carbocycles. The van der Waals surface area contributed by atoms with Gasteiger partial charge in [0, 0.05) is 18.5 Å². The second-order valence-corrected chi connectivity index (χ2v) is 10.1. The summed E-state index contributed by atoms with van der Waals surface area (Å²) in [5.74, 6) is -0.0988. The average molecular weight is 435 g/mol. The quantitative estimate of drug-likeness (QED) is 0.676. The lowest BCUT2D eigenvalue weighted by molar-refractivity contribution is -0.135. The summed E-state index contributed by atoms with van der Waals surface area (Å²) in [6, 6.07) is 17.7. The van der Waals surface area contributed by atoms with Crippen molar-refractivity contribution in [3.05, 3.63) is 60.2 Å². The number of nitrogens with zero attached hydrogens (tertiary/aromatic N) is 1. The highest BCUT2D eigenvalue weighted by Gasteiger charge is 2.39. The molecule has 7 heteroatoms. The van der Waals surface area contributed by atoms with Gasteiger partial charge >= 0.3 is 0 Å². The Morgan fingerprint density at radius 2 is 1.83 bits per heavy atom. The zero-order valence-electron chi connectivity index (χ0n) is 16.7. The van der Waals surface area contributed by atoms with E-state index in [0.29, 0.717) is 19.4 Å². The first-order valence-electron chi connectivity index (χ1n) is 9.81. The van der Waals surface area contributed by atoms with Crippen LogP contribution in [-0.2, 0) is 21.2 Å². The molecule has 1 saturated heterocycles. The molecule has 0 unspecified atom stereocenters. The Bertz CT molecular complexity index is 948. The molecule has 0 bridgehead atoms. The summed E-state index contributed by atoms with van der Waals surface area (Å²) in [5, 5.41) is -0.488. The molecule has 1 N–H and O–H groups in total. The van der Waals surface area contributed by atoms with Gasteiger partial charge in [0.15, 0.2) is 0 Å². The van der Waals surface area contributed by atoms with E-state index in [1.165, 1.54) is 0 Å². The van der Waals surface area contributed by atoms with Crippen molar-refractivity contribution in [2.24, 2.45) is 5.92 Å². The van der Waals surface area contributed by atoms with E-state index in [2.05, 4.69) is 29.0 Å². The van der Waals surface area contributed by atoms with Crippen molar-refractivity contribution in [1.29, 1.82) is 0 Å². The first kappa shape index (κ1) is 21.8. The molecule has 3 rings (SSSR count). The first-order valence-corrected chi connectivity index (χ1v) is 12.0. The predicted molar refractivity (Wildman–Crippen MR) is 117 cm³/mol. The summed E-state index contributed by atoms with van der Waals surface area (Å²) in [6.45, 7) is 4.27. The molecule has 1 aliphatic rings. The van der Waals surface area contributed by atoms with Crippen LogP contribution in [-0.4, -0.2) is 43.1 Å². The summed E-state index contributed by atoms with van der Waals surface area (Å²) < 4.78 is 26.8. The number of alkyl halides is 1. The fourth-order valence-electron chi connectivity index (χ4n) is 3.86. The van der Waals surface area contributed by atoms with Gasteiger partial charge in [0.1, 0.15) is 5.21 Å². The summed E-state index contributed by atoms with van der Waals surface area (Å²) in [6.07, 6.45) is 1.16. The molecule has 0 saturated carbocycles. The highest BCUT2D eigenvalue weighted by molar-refractivity contribution is 7.90. The van der Waals surface area contributed by atoms with E-state index in [-0.39, 0.29) is 23.9 Å². The minimum atomic E-state index is -3.57. The lowest BCUT2D eigenvalue weighted by atomic mass is 9.96. The lowest BCUT2D eigenvalue weighted by Gasteiger charge is -2.30. The third-order valence-electron chi connectivity index (χ3n) is 5.28. The molecule has 1 fully saturated rings. The van der Waals surface area contributed by atoms with E-state index in [1.807, 2.05) is 49.1 Å². The molecule has 29 heavy (non-hydrogen) atoms. The van der Waals surface area contributed by atoms with Gasteiger partial charge in [-0.25, -0.2) is 13.1 Å². The molecule has 0 spiro atoms. The van der Waals surface area contributed by atoms with Crippen molar-refractivity contribution in [2.75, 3.05) is 11.8 Å². The Labute approximate surface area is 178 Å². The monoisotopic (exact) mass is 434 g/mol. The van der Waals surface area contributed by atoms with Gasteiger partial charge in [0.05, 0.1) is 6.04 Å². The van der Waals surface area contributed by atoms with Crippen molar-refractivity contribution in [1.82, 2.24) is 9.62 Å². The number of likely N-dealkylation sites (tertiary alicyclic amines) is 1. The zero-order valence-corrected chi connectivity index (χ0v) is 18.3. The van der Waals surface area contributed by atoms with Crippen LogP contribution in [0.25, 0.3) is 11.1 Å². The van der Waals surface area contributed by atoms with Crippen LogP contribution < -0.4 is 4.72 Å². The fraction of sp³-hybridized carbons (Fsp3) is 0.409. The number of rotatable bonds is 7. The van der Waals surface area contributed by atoms with E-state index < -0.39 is 15.2 Å². The van der Waals surface area contributed by atoms with Crippen LogP contribution >= 0.6 is 11.6 Å². The summed E-state index contributed by atoms with van der Waals surface area (Å²) in [4.78, 5) is 14.6. The topological polar surface area (TPSA) is 66.5 Å². The SMILES string of the molecule is CC(C)C(=O)N1CC[C@@H](NS(=O)(=O)CCl)[C@H]1Cc1cccc(-c2ccccc2)c1. The third-order valence-corrected chi connectivity index (χ3v) is 7.09. The number of nitrogens with one attached hydrogen (secondary N) is 1. The second-order valence-electron chi connectivity index (χ2n) is 7.76. The number of halogens is 1. The molecule has 1 heterocycles. The largest absolute Gasteiger partial charge is 0.337 e. The van der Waals surface area contributed by atoms with Gasteiger partial charge < -0.3 is 4.90 Å². The van der Waals surface area contributed by atoms with Crippen LogP contribution in [0.2, 0.25) is 0 Å². The van der Waals surface area contributed by atoms with Crippen molar-refractivity contribution in [2.45, 2.75) is 38.8 Å². The molecular formula is C22H27ClN2O3S. The number of carbonyl (C=O) groups is 1. The summed E-state index contributed by atoms with van der Waals surface area (Å²) in [7, 11) is -3.57. The second kappa shape index (κ2) is 9.28. The normalized spacial score (nSPS) is 19.7. The lowest BCUT2D eigenvalue weighted by Crippen LogP contribution is -2.49. The molecular weight excluding hydrogens is 408 g/mol. The number of carbonyl (C=O) groups excluding carboxylic acids is 1. The maximum absolute atomic E-state index is 12.7. The number of hydrogen-bond acceptors (Lipinski definition) is 3. The number of amides is 1. The van der Waals surface area contributed by atoms with E-state index >= 15 is 0 Å². The van der Waals surface area contributed by atoms with E-state index in [4.69, 9.17) is 11.6 Å². The van der Waals surface area contributed by atoms with Gasteiger partial charge in [-0.3, -0.25) is 4.79 Å². The van der Waals surface area contributed by atoms with Crippen LogP contribution in [0.3, 0.4) is 0 Å². The Balaban J connectivity index is 1.88. The first-order chi connectivity index (χ1) is 13.8. The number of hydrogen-bond donors (Lipinski definition) is 1.